The maximum Gasteiger partial charge on any atom is 0.265 e. The number of carbonyl (C=O) groups is 1. The van der Waals surface area contributed by atoms with Gasteiger partial charge in [0.1, 0.15) is 4.83 Å². The highest BCUT2D eigenvalue weighted by atomic mass is 32.2. The van der Waals surface area contributed by atoms with Crippen LogP contribution in [0.25, 0.3) is 15.3 Å². The number of fused-ring (bicyclic) bond motifs is 3. The van der Waals surface area contributed by atoms with Gasteiger partial charge < -0.3 is 5.32 Å². The quantitative estimate of drug-likeness (QED) is 0.381. The smallest absolute Gasteiger partial charge is 0.265 e. The van der Waals surface area contributed by atoms with Gasteiger partial charge in [-0.1, -0.05) is 17.7 Å². The third kappa shape index (κ3) is 3.80. The summed E-state index contributed by atoms with van der Waals surface area (Å²) in [6.07, 6.45) is 1.93. The molecule has 0 fully saturated rings. The van der Waals surface area contributed by atoms with Crippen LogP contribution in [0.3, 0.4) is 0 Å². The van der Waals surface area contributed by atoms with Crippen molar-refractivity contribution in [3.05, 3.63) is 76.6 Å². The molecule has 5 rings (SSSR count). The first-order valence-electron chi connectivity index (χ1n) is 9.25. The Morgan fingerprint density at radius 1 is 1.03 bits per heavy atom. The average Bonchev–Trinajstić information content (AvgIpc) is 3.42. The van der Waals surface area contributed by atoms with E-state index in [1.54, 1.807) is 59.9 Å². The Kier molecular flexibility index (Phi) is 4.77. The predicted octanol–water partition coefficient (Wildman–Crippen LogP) is 4.97. The van der Waals surface area contributed by atoms with E-state index in [9.17, 15) is 13.2 Å². The minimum absolute atomic E-state index is 0.193. The predicted molar refractivity (Wildman–Crippen MR) is 125 cm³/mol. The van der Waals surface area contributed by atoms with Crippen molar-refractivity contribution in [2.75, 3.05) is 10.0 Å². The molecule has 0 aliphatic rings. The van der Waals surface area contributed by atoms with E-state index in [1.807, 2.05) is 29.0 Å². The normalized spacial score (nSPS) is 11.8. The van der Waals surface area contributed by atoms with E-state index >= 15 is 0 Å². The fourth-order valence-corrected chi connectivity index (χ4v) is 5.86. The third-order valence-corrected chi connectivity index (χ3v) is 7.86. The molecule has 2 aromatic carbocycles. The second-order valence-electron chi connectivity index (χ2n) is 6.92. The first kappa shape index (κ1) is 19.7. The van der Waals surface area contributed by atoms with E-state index in [0.29, 0.717) is 16.3 Å². The van der Waals surface area contributed by atoms with Gasteiger partial charge in [0.05, 0.1) is 15.3 Å². The summed E-state index contributed by atoms with van der Waals surface area (Å²) in [4.78, 5) is 19.6. The molecular weight excluding hydrogens is 452 g/mol. The Morgan fingerprint density at radius 2 is 1.74 bits per heavy atom. The Balaban J connectivity index is 1.30. The highest BCUT2D eigenvalue weighted by Gasteiger charge is 2.16. The number of amides is 1. The van der Waals surface area contributed by atoms with Crippen LogP contribution in [0.15, 0.2) is 71.1 Å². The van der Waals surface area contributed by atoms with E-state index < -0.39 is 10.0 Å². The van der Waals surface area contributed by atoms with Crippen LogP contribution in [-0.4, -0.2) is 23.7 Å². The summed E-state index contributed by atoms with van der Waals surface area (Å²) in [6, 6.07) is 15.0. The number of rotatable bonds is 5. The molecule has 7 nitrogen and oxygen atoms in total. The molecule has 156 valence electrons. The molecule has 31 heavy (non-hydrogen) atoms. The molecular formula is C21H16N4O3S3. The van der Waals surface area contributed by atoms with Crippen molar-refractivity contribution in [3.8, 4) is 0 Å². The number of carbonyl (C=O) groups excluding carboxylic acids is 1. The van der Waals surface area contributed by atoms with Crippen LogP contribution in [0.5, 0.6) is 0 Å². The molecule has 0 unspecified atom stereocenters. The lowest BCUT2D eigenvalue weighted by Crippen LogP contribution is -2.13. The van der Waals surface area contributed by atoms with Crippen molar-refractivity contribution in [2.24, 2.45) is 0 Å². The second kappa shape index (κ2) is 7.49. The summed E-state index contributed by atoms with van der Waals surface area (Å²) >= 11 is 2.88. The van der Waals surface area contributed by atoms with Crippen molar-refractivity contribution in [1.82, 2.24) is 9.38 Å². The Bertz CT molecular complexity index is 1510. The first-order chi connectivity index (χ1) is 14.9. The summed E-state index contributed by atoms with van der Waals surface area (Å²) in [5.74, 6) is -0.236. The maximum absolute atomic E-state index is 12.6. The van der Waals surface area contributed by atoms with E-state index in [-0.39, 0.29) is 10.8 Å². The summed E-state index contributed by atoms with van der Waals surface area (Å²) < 4.78 is 29.5. The van der Waals surface area contributed by atoms with Crippen LogP contribution in [-0.2, 0) is 10.0 Å². The first-order valence-corrected chi connectivity index (χ1v) is 12.4. The Hall–Kier alpha value is -3.21. The minimum Gasteiger partial charge on any atom is -0.321 e. The van der Waals surface area contributed by atoms with Gasteiger partial charge in [-0.05, 0) is 49.4 Å². The zero-order chi connectivity index (χ0) is 21.6. The third-order valence-electron chi connectivity index (χ3n) is 4.69. The van der Waals surface area contributed by atoms with Crippen molar-refractivity contribution < 1.29 is 13.2 Å². The lowest BCUT2D eigenvalue weighted by molar-refractivity contribution is 0.103. The molecule has 5 aromatic rings. The monoisotopic (exact) mass is 468 g/mol. The number of aromatic nitrogens is 2. The number of benzene rings is 2. The summed E-state index contributed by atoms with van der Waals surface area (Å²) in [7, 11) is -3.67. The minimum atomic E-state index is -3.67. The Morgan fingerprint density at radius 3 is 2.48 bits per heavy atom. The second-order valence-corrected chi connectivity index (χ2v) is 10.5. The number of sulfonamides is 1. The molecule has 0 bridgehead atoms. The van der Waals surface area contributed by atoms with Gasteiger partial charge in [-0.3, -0.25) is 13.9 Å². The van der Waals surface area contributed by atoms with Gasteiger partial charge >= 0.3 is 0 Å². The topological polar surface area (TPSA) is 92.6 Å². The van der Waals surface area contributed by atoms with Gasteiger partial charge in [0, 0.05) is 23.0 Å². The number of hydrogen-bond donors (Lipinski definition) is 2. The summed E-state index contributed by atoms with van der Waals surface area (Å²) in [5.41, 5.74) is 2.87. The molecule has 0 spiro atoms. The molecule has 0 aliphatic heterocycles. The standard InChI is InChI=1S/C21H16N4O3S3/c1-13-2-8-16(9-3-13)31(27,28)24-15-6-4-14(5-7-15)22-19(26)18-12-17-20(30-18)23-21-25(17)10-11-29-21/h2-12,24H,1H3,(H,22,26). The fraction of sp³-hybridized carbons (Fsp3) is 0.0476. The molecule has 1 amide bonds. The summed E-state index contributed by atoms with van der Waals surface area (Å²) in [5, 5.41) is 4.79. The molecule has 2 N–H and O–H groups in total. The van der Waals surface area contributed by atoms with Gasteiger partial charge in [0.15, 0.2) is 4.96 Å². The molecule has 0 saturated heterocycles. The number of aryl methyl sites for hydroxylation is 1. The van der Waals surface area contributed by atoms with Crippen LogP contribution in [0.4, 0.5) is 11.4 Å². The highest BCUT2D eigenvalue weighted by Crippen LogP contribution is 2.29. The van der Waals surface area contributed by atoms with Crippen LogP contribution >= 0.6 is 22.7 Å². The lowest BCUT2D eigenvalue weighted by Gasteiger charge is -2.09. The molecule has 0 saturated carbocycles. The Labute approximate surface area is 186 Å². The van der Waals surface area contributed by atoms with Gasteiger partial charge in [0.25, 0.3) is 15.9 Å². The largest absolute Gasteiger partial charge is 0.321 e. The van der Waals surface area contributed by atoms with Crippen LogP contribution < -0.4 is 10.0 Å². The van der Waals surface area contributed by atoms with Crippen molar-refractivity contribution >= 4 is 65.3 Å². The molecule has 0 radical (unpaired) electrons. The number of thiazole rings is 1. The van der Waals surface area contributed by atoms with E-state index in [1.165, 1.54) is 11.3 Å². The van der Waals surface area contributed by atoms with Crippen LogP contribution in [0, 0.1) is 6.92 Å². The number of nitrogens with zero attached hydrogens (tertiary/aromatic N) is 2. The van der Waals surface area contributed by atoms with Crippen molar-refractivity contribution in [1.29, 1.82) is 0 Å². The number of anilines is 2. The van der Waals surface area contributed by atoms with Gasteiger partial charge in [-0.2, -0.15) is 0 Å². The van der Waals surface area contributed by atoms with Crippen LogP contribution in [0.2, 0.25) is 0 Å². The zero-order valence-electron chi connectivity index (χ0n) is 16.2. The molecule has 0 aliphatic carbocycles. The van der Waals surface area contributed by atoms with E-state index in [0.717, 1.165) is 20.9 Å². The maximum atomic E-state index is 12.6. The number of hydrogen-bond acceptors (Lipinski definition) is 6. The molecule has 0 atom stereocenters. The number of nitrogens with one attached hydrogen (secondary N) is 2. The lowest BCUT2D eigenvalue weighted by atomic mass is 10.2. The van der Waals surface area contributed by atoms with E-state index in [4.69, 9.17) is 0 Å². The fourth-order valence-electron chi connectivity index (χ4n) is 3.11. The zero-order valence-corrected chi connectivity index (χ0v) is 18.6. The number of thiophene rings is 1. The summed E-state index contributed by atoms with van der Waals surface area (Å²) in [6.45, 7) is 1.90. The van der Waals surface area contributed by atoms with Crippen molar-refractivity contribution in [3.63, 3.8) is 0 Å². The molecule has 3 heterocycles. The van der Waals surface area contributed by atoms with Gasteiger partial charge in [-0.15, -0.1) is 22.7 Å². The van der Waals surface area contributed by atoms with E-state index in [2.05, 4.69) is 15.0 Å². The molecule has 10 heteroatoms. The van der Waals surface area contributed by atoms with Crippen molar-refractivity contribution in [2.45, 2.75) is 11.8 Å². The average molecular weight is 469 g/mol. The van der Waals surface area contributed by atoms with Crippen LogP contribution in [0.1, 0.15) is 15.2 Å². The molecule has 3 aromatic heterocycles. The SMILES string of the molecule is Cc1ccc(S(=O)(=O)Nc2ccc(NC(=O)c3cc4c(nc5sccn54)s3)cc2)cc1. The highest BCUT2D eigenvalue weighted by molar-refractivity contribution is 7.92. The van der Waals surface area contributed by atoms with Gasteiger partial charge in [0.2, 0.25) is 0 Å². The number of imidazole rings is 1. The van der Waals surface area contributed by atoms with Gasteiger partial charge in [-0.25, -0.2) is 13.4 Å².